The van der Waals surface area contributed by atoms with Gasteiger partial charge in [0.25, 0.3) is 0 Å². The lowest BCUT2D eigenvalue weighted by Crippen LogP contribution is -2.22. The number of fused-ring (bicyclic) bond motifs is 1. The van der Waals surface area contributed by atoms with E-state index >= 15 is 0 Å². The number of nitrogens with one attached hydrogen (secondary N) is 1. The highest BCUT2D eigenvalue weighted by molar-refractivity contribution is 8.00. The maximum atomic E-state index is 13.3. The fourth-order valence-electron chi connectivity index (χ4n) is 2.25. The summed E-state index contributed by atoms with van der Waals surface area (Å²) in [7, 11) is 0. The quantitative estimate of drug-likeness (QED) is 0.702. The highest BCUT2D eigenvalue weighted by Crippen LogP contribution is 2.27. The molecule has 0 unspecified atom stereocenters. The molecule has 0 aliphatic rings. The number of anilines is 1. The van der Waals surface area contributed by atoms with E-state index in [-0.39, 0.29) is 5.91 Å². The largest absolute Gasteiger partial charge is 0.324 e. The first-order valence-electron chi connectivity index (χ1n) is 7.31. The van der Waals surface area contributed by atoms with Crippen molar-refractivity contribution in [1.82, 2.24) is 4.98 Å². The first-order chi connectivity index (χ1) is 11.5. The number of thioether (sulfide) groups is 1. The summed E-state index contributed by atoms with van der Waals surface area (Å²) in [6.07, 6.45) is 1.69. The molecular formula is C18H14F2N2OS. The van der Waals surface area contributed by atoms with Gasteiger partial charge < -0.3 is 5.32 Å². The number of aromatic nitrogens is 1. The van der Waals surface area contributed by atoms with Crippen LogP contribution in [0.5, 0.6) is 0 Å². The summed E-state index contributed by atoms with van der Waals surface area (Å²) < 4.78 is 26.2. The second kappa shape index (κ2) is 6.97. The summed E-state index contributed by atoms with van der Waals surface area (Å²) in [5, 5.41) is 3.24. The van der Waals surface area contributed by atoms with Crippen molar-refractivity contribution in [2.24, 2.45) is 0 Å². The molecule has 1 heterocycles. The van der Waals surface area contributed by atoms with E-state index in [1.807, 2.05) is 18.2 Å². The Morgan fingerprint density at radius 1 is 1.12 bits per heavy atom. The summed E-state index contributed by atoms with van der Waals surface area (Å²) >= 11 is 1.16. The second-order valence-corrected chi connectivity index (χ2v) is 6.62. The summed E-state index contributed by atoms with van der Waals surface area (Å²) in [4.78, 5) is 17.1. The van der Waals surface area contributed by atoms with Crippen LogP contribution in [0, 0.1) is 11.6 Å². The van der Waals surface area contributed by atoms with Crippen LogP contribution in [0.2, 0.25) is 0 Å². The number of amides is 1. The Morgan fingerprint density at radius 3 is 2.75 bits per heavy atom. The molecule has 3 nitrogen and oxygen atoms in total. The van der Waals surface area contributed by atoms with Gasteiger partial charge in [-0.05, 0) is 49.4 Å². The van der Waals surface area contributed by atoms with Crippen molar-refractivity contribution in [1.29, 1.82) is 0 Å². The van der Waals surface area contributed by atoms with E-state index in [0.29, 0.717) is 10.6 Å². The molecule has 0 spiro atoms. The molecule has 24 heavy (non-hydrogen) atoms. The number of pyridine rings is 1. The monoisotopic (exact) mass is 344 g/mol. The molecular weight excluding hydrogens is 330 g/mol. The van der Waals surface area contributed by atoms with Crippen LogP contribution in [0.1, 0.15) is 6.92 Å². The van der Waals surface area contributed by atoms with E-state index < -0.39 is 16.9 Å². The Bertz CT molecular complexity index is 896. The minimum absolute atomic E-state index is 0.221. The van der Waals surface area contributed by atoms with E-state index in [1.54, 1.807) is 25.3 Å². The molecule has 0 aliphatic heterocycles. The number of halogens is 2. The molecule has 1 N–H and O–H groups in total. The van der Waals surface area contributed by atoms with Gasteiger partial charge in [-0.2, -0.15) is 0 Å². The first kappa shape index (κ1) is 16.4. The highest BCUT2D eigenvalue weighted by atomic mass is 32.2. The minimum atomic E-state index is -0.923. The van der Waals surface area contributed by atoms with Crippen molar-refractivity contribution in [2.75, 3.05) is 5.32 Å². The summed E-state index contributed by atoms with van der Waals surface area (Å²) in [6, 6.07) is 12.8. The molecule has 0 radical (unpaired) electrons. The third kappa shape index (κ3) is 3.54. The minimum Gasteiger partial charge on any atom is -0.324 e. The highest BCUT2D eigenvalue weighted by Gasteiger charge is 2.16. The van der Waals surface area contributed by atoms with E-state index in [9.17, 15) is 13.6 Å². The zero-order chi connectivity index (χ0) is 17.1. The lowest BCUT2D eigenvalue weighted by Gasteiger charge is -2.13. The van der Waals surface area contributed by atoms with Gasteiger partial charge in [0.1, 0.15) is 0 Å². The standard InChI is InChI=1S/C18H14F2N2OS/c1-11(24-12-7-8-14(19)15(20)10-12)18(23)22-17-6-2-5-16-13(17)4-3-9-21-16/h2-11H,1H3,(H,22,23)/t11-/m1/s1. The number of hydrogen-bond donors (Lipinski definition) is 1. The van der Waals surface area contributed by atoms with Gasteiger partial charge in [-0.25, -0.2) is 8.78 Å². The molecule has 1 amide bonds. The van der Waals surface area contributed by atoms with Crippen LogP contribution in [0.3, 0.4) is 0 Å². The van der Waals surface area contributed by atoms with Crippen LogP contribution in [-0.4, -0.2) is 16.1 Å². The zero-order valence-corrected chi connectivity index (χ0v) is 13.6. The molecule has 0 saturated heterocycles. The molecule has 3 aromatic rings. The molecule has 0 aliphatic carbocycles. The van der Waals surface area contributed by atoms with Gasteiger partial charge in [0.05, 0.1) is 16.5 Å². The Hall–Kier alpha value is -2.47. The van der Waals surface area contributed by atoms with E-state index in [2.05, 4.69) is 10.3 Å². The lowest BCUT2D eigenvalue weighted by atomic mass is 10.2. The fourth-order valence-corrected chi connectivity index (χ4v) is 3.15. The van der Waals surface area contributed by atoms with Gasteiger partial charge in [-0.3, -0.25) is 9.78 Å². The van der Waals surface area contributed by atoms with Crippen molar-refractivity contribution >= 4 is 34.3 Å². The summed E-state index contributed by atoms with van der Waals surface area (Å²) in [6.45, 7) is 1.71. The number of hydrogen-bond acceptors (Lipinski definition) is 3. The molecule has 2 aromatic carbocycles. The second-order valence-electron chi connectivity index (χ2n) is 5.20. The number of nitrogens with zero attached hydrogens (tertiary/aromatic N) is 1. The molecule has 6 heteroatoms. The Balaban J connectivity index is 1.75. The predicted molar refractivity (Wildman–Crippen MR) is 92.0 cm³/mol. The van der Waals surface area contributed by atoms with Gasteiger partial charge in [0.2, 0.25) is 5.91 Å². The van der Waals surface area contributed by atoms with Gasteiger partial charge in [-0.15, -0.1) is 11.8 Å². The molecule has 0 fully saturated rings. The molecule has 122 valence electrons. The van der Waals surface area contributed by atoms with Gasteiger partial charge >= 0.3 is 0 Å². The van der Waals surface area contributed by atoms with Crippen LogP contribution in [0.15, 0.2) is 59.6 Å². The van der Waals surface area contributed by atoms with Gasteiger partial charge in [0.15, 0.2) is 11.6 Å². The summed E-state index contributed by atoms with van der Waals surface area (Å²) in [5.74, 6) is -2.05. The Labute approximate surface area is 142 Å². The van der Waals surface area contributed by atoms with Crippen LogP contribution in [0.25, 0.3) is 10.9 Å². The Kier molecular flexibility index (Phi) is 4.76. The molecule has 0 saturated carbocycles. The Morgan fingerprint density at radius 2 is 1.96 bits per heavy atom. The van der Waals surface area contributed by atoms with Crippen LogP contribution in [-0.2, 0) is 4.79 Å². The van der Waals surface area contributed by atoms with E-state index in [1.165, 1.54) is 6.07 Å². The van der Waals surface area contributed by atoms with Crippen molar-refractivity contribution in [2.45, 2.75) is 17.1 Å². The lowest BCUT2D eigenvalue weighted by molar-refractivity contribution is -0.115. The van der Waals surface area contributed by atoms with Gasteiger partial charge in [-0.1, -0.05) is 6.07 Å². The first-order valence-corrected chi connectivity index (χ1v) is 8.19. The maximum Gasteiger partial charge on any atom is 0.237 e. The number of carbonyl (C=O) groups excluding carboxylic acids is 1. The smallest absolute Gasteiger partial charge is 0.237 e. The molecule has 1 aromatic heterocycles. The van der Waals surface area contributed by atoms with Crippen LogP contribution in [0.4, 0.5) is 14.5 Å². The van der Waals surface area contributed by atoms with Crippen molar-refractivity contribution in [3.8, 4) is 0 Å². The van der Waals surface area contributed by atoms with Crippen molar-refractivity contribution < 1.29 is 13.6 Å². The summed E-state index contributed by atoms with van der Waals surface area (Å²) in [5.41, 5.74) is 1.46. The maximum absolute atomic E-state index is 13.3. The van der Waals surface area contributed by atoms with Crippen molar-refractivity contribution in [3.05, 3.63) is 66.4 Å². The third-order valence-corrected chi connectivity index (χ3v) is 4.57. The predicted octanol–water partition coefficient (Wildman–Crippen LogP) is 4.63. The number of carbonyl (C=O) groups is 1. The molecule has 3 rings (SSSR count). The number of benzene rings is 2. The van der Waals surface area contributed by atoms with E-state index in [4.69, 9.17) is 0 Å². The zero-order valence-electron chi connectivity index (χ0n) is 12.8. The van der Waals surface area contributed by atoms with Crippen LogP contribution < -0.4 is 5.32 Å². The van der Waals surface area contributed by atoms with E-state index in [0.717, 1.165) is 34.8 Å². The molecule has 1 atom stereocenters. The fraction of sp³-hybridized carbons (Fsp3) is 0.111. The van der Waals surface area contributed by atoms with Crippen LogP contribution >= 0.6 is 11.8 Å². The molecule has 0 bridgehead atoms. The SMILES string of the molecule is C[C@@H](Sc1ccc(F)c(F)c1)C(=O)Nc1cccc2ncccc12. The van der Waals surface area contributed by atoms with Gasteiger partial charge in [0, 0.05) is 16.5 Å². The average molecular weight is 344 g/mol. The van der Waals surface area contributed by atoms with Crippen molar-refractivity contribution in [3.63, 3.8) is 0 Å². The average Bonchev–Trinajstić information content (AvgIpc) is 2.58. The normalized spacial score (nSPS) is 12.1. The third-order valence-electron chi connectivity index (χ3n) is 3.48. The number of rotatable bonds is 4. The topological polar surface area (TPSA) is 42.0 Å².